The first kappa shape index (κ1) is 17.0. The minimum atomic E-state index is -0.478. The number of hydrogen-bond donors (Lipinski definition) is 0. The maximum atomic E-state index is 12.6. The molecule has 0 N–H and O–H groups in total. The third-order valence-electron chi connectivity index (χ3n) is 4.89. The van der Waals surface area contributed by atoms with Crippen molar-refractivity contribution >= 4 is 11.4 Å². The molecule has 3 aromatic rings. The normalized spacial score (nSPS) is 19.2. The van der Waals surface area contributed by atoms with Crippen LogP contribution in [-0.4, -0.2) is 5.78 Å². The van der Waals surface area contributed by atoms with Gasteiger partial charge in [0.1, 0.15) is 5.76 Å². The van der Waals surface area contributed by atoms with Crippen molar-refractivity contribution in [1.29, 1.82) is 0 Å². The molecule has 1 aromatic heterocycles. The maximum Gasteiger partial charge on any atom is 0.185 e. The zero-order valence-corrected chi connectivity index (χ0v) is 14.9. The summed E-state index contributed by atoms with van der Waals surface area (Å²) in [6.45, 7) is 0. The largest absolute Gasteiger partial charge is 0.468 e. The van der Waals surface area contributed by atoms with E-state index in [2.05, 4.69) is 24.3 Å². The van der Waals surface area contributed by atoms with Crippen LogP contribution in [0.25, 0.3) is 5.57 Å². The van der Waals surface area contributed by atoms with Gasteiger partial charge in [0.05, 0.1) is 11.7 Å². The smallest absolute Gasteiger partial charge is 0.185 e. The van der Waals surface area contributed by atoms with Crippen molar-refractivity contribution in [3.8, 4) is 0 Å². The molecule has 2 heteroatoms. The molecule has 1 aliphatic rings. The van der Waals surface area contributed by atoms with Crippen LogP contribution in [0.1, 0.15) is 28.1 Å². The quantitative estimate of drug-likeness (QED) is 0.416. The average Bonchev–Trinajstić information content (AvgIpc) is 3.29. The third-order valence-corrected chi connectivity index (χ3v) is 4.89. The number of rotatable bonds is 5. The first-order valence-corrected chi connectivity index (χ1v) is 9.03. The second kappa shape index (κ2) is 7.46. The van der Waals surface area contributed by atoms with Crippen LogP contribution in [0.4, 0.5) is 0 Å². The van der Waals surface area contributed by atoms with Gasteiger partial charge < -0.3 is 4.42 Å². The highest BCUT2D eigenvalue weighted by Crippen LogP contribution is 2.40. The molecule has 4 rings (SSSR count). The van der Waals surface area contributed by atoms with Gasteiger partial charge in [-0.15, -0.1) is 0 Å². The molecule has 0 saturated carbocycles. The van der Waals surface area contributed by atoms with E-state index in [4.69, 9.17) is 4.42 Å². The van der Waals surface area contributed by atoms with Crippen molar-refractivity contribution in [3.05, 3.63) is 126 Å². The minimum Gasteiger partial charge on any atom is -0.468 e. The molecule has 1 aliphatic carbocycles. The van der Waals surface area contributed by atoms with E-state index < -0.39 is 5.41 Å². The van der Waals surface area contributed by atoms with E-state index in [0.717, 1.165) is 12.2 Å². The Morgan fingerprint density at radius 1 is 0.926 bits per heavy atom. The van der Waals surface area contributed by atoms with E-state index in [1.165, 1.54) is 11.1 Å². The second-order valence-corrected chi connectivity index (χ2v) is 6.68. The summed E-state index contributed by atoms with van der Waals surface area (Å²) in [5.74, 6) is 0.822. The molecular weight excluding hydrogens is 332 g/mol. The van der Waals surface area contributed by atoms with Gasteiger partial charge in [-0.25, -0.2) is 0 Å². The standard InChI is InChI=1S/C25H20O2/c26-23(21-11-5-2-6-12-21)15-17-25(24-14-8-18-27-24)16-7-13-22(19-25)20-9-3-1-4-10-20/h1-18H,19H2. The summed E-state index contributed by atoms with van der Waals surface area (Å²) in [6, 6.07) is 23.5. The molecule has 1 atom stereocenters. The number of allylic oxidation sites excluding steroid dienone is 6. The van der Waals surface area contributed by atoms with Crippen molar-refractivity contribution in [1.82, 2.24) is 0 Å². The van der Waals surface area contributed by atoms with Crippen LogP contribution in [0.5, 0.6) is 0 Å². The number of carbonyl (C=O) groups is 1. The summed E-state index contributed by atoms with van der Waals surface area (Å²) >= 11 is 0. The molecule has 0 radical (unpaired) electrons. The van der Waals surface area contributed by atoms with Crippen LogP contribution in [0.15, 0.2) is 114 Å². The third kappa shape index (κ3) is 3.61. The van der Waals surface area contributed by atoms with Crippen molar-refractivity contribution in [2.45, 2.75) is 11.8 Å². The van der Waals surface area contributed by atoms with Crippen LogP contribution in [0.3, 0.4) is 0 Å². The Labute approximate surface area is 159 Å². The predicted molar refractivity (Wildman–Crippen MR) is 108 cm³/mol. The first-order valence-electron chi connectivity index (χ1n) is 9.03. The Balaban J connectivity index is 1.68. The van der Waals surface area contributed by atoms with E-state index in [9.17, 15) is 4.79 Å². The fourth-order valence-corrected chi connectivity index (χ4v) is 3.45. The lowest BCUT2D eigenvalue weighted by molar-refractivity contribution is 0.104. The number of benzene rings is 2. The fourth-order valence-electron chi connectivity index (χ4n) is 3.45. The van der Waals surface area contributed by atoms with Crippen molar-refractivity contribution in [2.24, 2.45) is 0 Å². The molecular formula is C25H20O2. The van der Waals surface area contributed by atoms with Crippen LogP contribution >= 0.6 is 0 Å². The zero-order valence-electron chi connectivity index (χ0n) is 14.9. The summed E-state index contributed by atoms with van der Waals surface area (Å²) in [6.07, 6.45) is 12.3. The van der Waals surface area contributed by atoms with Crippen LogP contribution in [0.2, 0.25) is 0 Å². The molecule has 0 spiro atoms. The molecule has 2 nitrogen and oxygen atoms in total. The topological polar surface area (TPSA) is 30.2 Å². The molecule has 1 unspecified atom stereocenters. The Hall–Kier alpha value is -3.39. The predicted octanol–water partition coefficient (Wildman–Crippen LogP) is 6.00. The zero-order chi connectivity index (χ0) is 18.5. The molecule has 0 amide bonds. The maximum absolute atomic E-state index is 12.6. The van der Waals surface area contributed by atoms with Gasteiger partial charge in [-0.1, -0.05) is 85.0 Å². The molecule has 132 valence electrons. The second-order valence-electron chi connectivity index (χ2n) is 6.68. The monoisotopic (exact) mass is 352 g/mol. The summed E-state index contributed by atoms with van der Waals surface area (Å²) in [5.41, 5.74) is 2.60. The Kier molecular flexibility index (Phi) is 4.71. The Morgan fingerprint density at radius 3 is 2.37 bits per heavy atom. The van der Waals surface area contributed by atoms with Gasteiger partial charge >= 0.3 is 0 Å². The lowest BCUT2D eigenvalue weighted by atomic mass is 9.74. The van der Waals surface area contributed by atoms with Gasteiger partial charge in [0, 0.05) is 5.56 Å². The van der Waals surface area contributed by atoms with Crippen LogP contribution in [-0.2, 0) is 5.41 Å². The Morgan fingerprint density at radius 2 is 1.67 bits per heavy atom. The highest BCUT2D eigenvalue weighted by Gasteiger charge is 2.32. The molecule has 0 fully saturated rings. The van der Waals surface area contributed by atoms with E-state index in [1.807, 2.05) is 72.8 Å². The average molecular weight is 352 g/mol. The number of hydrogen-bond acceptors (Lipinski definition) is 2. The molecule has 2 aromatic carbocycles. The highest BCUT2D eigenvalue weighted by atomic mass is 16.3. The van der Waals surface area contributed by atoms with Gasteiger partial charge in [-0.3, -0.25) is 4.79 Å². The van der Waals surface area contributed by atoms with Gasteiger partial charge in [-0.2, -0.15) is 0 Å². The van der Waals surface area contributed by atoms with E-state index >= 15 is 0 Å². The van der Waals surface area contributed by atoms with Gasteiger partial charge in [0.15, 0.2) is 5.78 Å². The summed E-state index contributed by atoms with van der Waals surface area (Å²) < 4.78 is 5.76. The van der Waals surface area contributed by atoms with Crippen LogP contribution < -0.4 is 0 Å². The molecule has 27 heavy (non-hydrogen) atoms. The van der Waals surface area contributed by atoms with E-state index in [-0.39, 0.29) is 5.78 Å². The summed E-state index contributed by atoms with van der Waals surface area (Å²) in [5, 5.41) is 0. The number of ketones is 1. The van der Waals surface area contributed by atoms with Gasteiger partial charge in [0.2, 0.25) is 0 Å². The lowest BCUT2D eigenvalue weighted by Gasteiger charge is -2.29. The highest BCUT2D eigenvalue weighted by molar-refractivity contribution is 6.04. The number of carbonyl (C=O) groups excluding carboxylic acids is 1. The molecule has 0 aliphatic heterocycles. The summed E-state index contributed by atoms with van der Waals surface area (Å²) in [4.78, 5) is 12.6. The van der Waals surface area contributed by atoms with Gasteiger partial charge in [0.25, 0.3) is 0 Å². The lowest BCUT2D eigenvalue weighted by Crippen LogP contribution is -2.23. The SMILES string of the molecule is O=C(C=CC1(c2ccco2)C=CC=C(c2ccccc2)C1)c1ccccc1. The fraction of sp³-hybridized carbons (Fsp3) is 0.0800. The minimum absolute atomic E-state index is 0.00857. The van der Waals surface area contributed by atoms with E-state index in [1.54, 1.807) is 12.3 Å². The molecule has 0 saturated heterocycles. The Bertz CT molecular complexity index is 993. The summed E-state index contributed by atoms with van der Waals surface area (Å²) in [7, 11) is 0. The van der Waals surface area contributed by atoms with Crippen molar-refractivity contribution in [2.75, 3.05) is 0 Å². The van der Waals surface area contributed by atoms with Crippen molar-refractivity contribution < 1.29 is 9.21 Å². The first-order chi connectivity index (χ1) is 13.3. The van der Waals surface area contributed by atoms with Gasteiger partial charge in [-0.05, 0) is 35.8 Å². The van der Waals surface area contributed by atoms with E-state index in [0.29, 0.717) is 5.56 Å². The van der Waals surface area contributed by atoms with Crippen molar-refractivity contribution in [3.63, 3.8) is 0 Å². The molecule has 0 bridgehead atoms. The molecule has 1 heterocycles. The van der Waals surface area contributed by atoms with Crippen LogP contribution in [0, 0.1) is 0 Å². The number of furan rings is 1.